The van der Waals surface area contributed by atoms with Crippen molar-refractivity contribution in [3.05, 3.63) is 0 Å². The monoisotopic (exact) mass is 287 g/mol. The number of nitrogens with zero attached hydrogens (tertiary/aromatic N) is 3. The van der Waals surface area contributed by atoms with E-state index in [1.54, 1.807) is 8.61 Å². The second kappa shape index (κ2) is 5.31. The molecule has 0 amide bonds. The average molecular weight is 287 g/mol. The Morgan fingerprint density at radius 2 is 1.47 bits per heavy atom. The molecule has 0 aliphatic carbocycles. The highest BCUT2D eigenvalue weighted by molar-refractivity contribution is 7.86. The molecule has 3 aliphatic heterocycles. The maximum Gasteiger partial charge on any atom is 0.281 e. The first-order chi connectivity index (χ1) is 9.07. The minimum Gasteiger partial charge on any atom is -0.306 e. The molecule has 0 bridgehead atoms. The maximum atomic E-state index is 12.3. The lowest BCUT2D eigenvalue weighted by molar-refractivity contribution is 0.174. The first kappa shape index (κ1) is 13.8. The Labute approximate surface area is 116 Å². The van der Waals surface area contributed by atoms with Crippen LogP contribution >= 0.6 is 0 Å². The number of likely N-dealkylation sites (tertiary alicyclic amines) is 1. The van der Waals surface area contributed by atoms with Gasteiger partial charge in [0.05, 0.1) is 0 Å². The van der Waals surface area contributed by atoms with Crippen LogP contribution in [0.5, 0.6) is 0 Å². The van der Waals surface area contributed by atoms with Gasteiger partial charge in [-0.05, 0) is 57.7 Å². The molecule has 3 rings (SSSR count). The fourth-order valence-corrected chi connectivity index (χ4v) is 5.29. The highest BCUT2D eigenvalue weighted by atomic mass is 32.2. The van der Waals surface area contributed by atoms with Gasteiger partial charge in [-0.2, -0.15) is 17.0 Å². The summed E-state index contributed by atoms with van der Waals surface area (Å²) < 4.78 is 28.0. The SMILES string of the molecule is CN1CCC(C2CCN(S(=O)(=O)N3CCC3)C2)CC1. The van der Waals surface area contributed by atoms with E-state index in [1.165, 1.54) is 25.9 Å². The number of hydrogen-bond acceptors (Lipinski definition) is 3. The Morgan fingerprint density at radius 1 is 0.842 bits per heavy atom. The van der Waals surface area contributed by atoms with Crippen LogP contribution in [0, 0.1) is 11.8 Å². The van der Waals surface area contributed by atoms with Gasteiger partial charge in [0.15, 0.2) is 0 Å². The third kappa shape index (κ3) is 2.68. The van der Waals surface area contributed by atoms with E-state index in [1.807, 2.05) is 0 Å². The zero-order valence-electron chi connectivity index (χ0n) is 11.8. The van der Waals surface area contributed by atoms with Crippen LogP contribution in [0.2, 0.25) is 0 Å². The van der Waals surface area contributed by atoms with Crippen molar-refractivity contribution in [2.24, 2.45) is 11.8 Å². The summed E-state index contributed by atoms with van der Waals surface area (Å²) in [5.41, 5.74) is 0. The Kier molecular flexibility index (Phi) is 3.86. The summed E-state index contributed by atoms with van der Waals surface area (Å²) in [6.45, 7) is 5.26. The maximum absolute atomic E-state index is 12.3. The van der Waals surface area contributed by atoms with Crippen molar-refractivity contribution < 1.29 is 8.42 Å². The summed E-state index contributed by atoms with van der Waals surface area (Å²) in [5, 5.41) is 0. The summed E-state index contributed by atoms with van der Waals surface area (Å²) in [4.78, 5) is 2.38. The first-order valence-corrected chi connectivity index (χ1v) is 8.91. The molecular weight excluding hydrogens is 262 g/mol. The Morgan fingerprint density at radius 3 is 2.05 bits per heavy atom. The van der Waals surface area contributed by atoms with Crippen LogP contribution in [0.25, 0.3) is 0 Å². The van der Waals surface area contributed by atoms with E-state index < -0.39 is 10.2 Å². The van der Waals surface area contributed by atoms with Gasteiger partial charge in [0.2, 0.25) is 0 Å². The highest BCUT2D eigenvalue weighted by Crippen LogP contribution is 2.33. The van der Waals surface area contributed by atoms with Crippen molar-refractivity contribution in [1.82, 2.24) is 13.5 Å². The van der Waals surface area contributed by atoms with E-state index in [-0.39, 0.29) is 0 Å². The second-order valence-corrected chi connectivity index (χ2v) is 8.24. The molecule has 0 N–H and O–H groups in total. The molecule has 110 valence electrons. The summed E-state index contributed by atoms with van der Waals surface area (Å²) in [5.74, 6) is 1.32. The van der Waals surface area contributed by atoms with Crippen LogP contribution in [0.15, 0.2) is 0 Å². The van der Waals surface area contributed by atoms with Gasteiger partial charge in [0, 0.05) is 26.2 Å². The fraction of sp³-hybridized carbons (Fsp3) is 1.00. The third-order valence-corrected chi connectivity index (χ3v) is 7.09. The Bertz CT molecular complexity index is 414. The van der Waals surface area contributed by atoms with E-state index >= 15 is 0 Å². The predicted octanol–water partition coefficient (Wildman–Crippen LogP) is 0.601. The van der Waals surface area contributed by atoms with Crippen molar-refractivity contribution in [3.63, 3.8) is 0 Å². The smallest absolute Gasteiger partial charge is 0.281 e. The van der Waals surface area contributed by atoms with Crippen molar-refractivity contribution in [2.75, 3.05) is 46.3 Å². The molecule has 5 nitrogen and oxygen atoms in total. The first-order valence-electron chi connectivity index (χ1n) is 7.51. The lowest BCUT2D eigenvalue weighted by atomic mass is 9.84. The summed E-state index contributed by atoms with van der Waals surface area (Å²) in [6, 6.07) is 0. The molecule has 3 fully saturated rings. The minimum absolute atomic E-state index is 0.588. The van der Waals surface area contributed by atoms with Gasteiger partial charge >= 0.3 is 0 Å². The molecule has 0 aromatic carbocycles. The van der Waals surface area contributed by atoms with E-state index in [0.717, 1.165) is 44.9 Å². The molecule has 19 heavy (non-hydrogen) atoms. The largest absolute Gasteiger partial charge is 0.306 e. The number of hydrogen-bond donors (Lipinski definition) is 0. The van der Waals surface area contributed by atoms with Crippen LogP contribution in [0.3, 0.4) is 0 Å². The molecule has 3 saturated heterocycles. The molecule has 0 radical (unpaired) electrons. The van der Waals surface area contributed by atoms with Gasteiger partial charge < -0.3 is 4.90 Å². The second-order valence-electron chi connectivity index (χ2n) is 6.31. The molecule has 0 aromatic rings. The number of rotatable bonds is 3. The zero-order valence-corrected chi connectivity index (χ0v) is 12.6. The van der Waals surface area contributed by atoms with Crippen LogP contribution < -0.4 is 0 Å². The lowest BCUT2D eigenvalue weighted by Crippen LogP contribution is -2.49. The molecule has 3 aliphatic rings. The average Bonchev–Trinajstić information content (AvgIpc) is 2.77. The van der Waals surface area contributed by atoms with Gasteiger partial charge in [0.1, 0.15) is 0 Å². The molecule has 1 unspecified atom stereocenters. The summed E-state index contributed by atoms with van der Waals surface area (Å²) >= 11 is 0. The number of piperidine rings is 1. The van der Waals surface area contributed by atoms with Crippen molar-refractivity contribution in [3.8, 4) is 0 Å². The minimum atomic E-state index is -3.13. The van der Waals surface area contributed by atoms with Gasteiger partial charge in [0.25, 0.3) is 10.2 Å². The van der Waals surface area contributed by atoms with Crippen LogP contribution in [-0.2, 0) is 10.2 Å². The lowest BCUT2D eigenvalue weighted by Gasteiger charge is -2.34. The molecule has 3 heterocycles. The predicted molar refractivity (Wildman–Crippen MR) is 75.0 cm³/mol. The highest BCUT2D eigenvalue weighted by Gasteiger charge is 2.40. The van der Waals surface area contributed by atoms with Crippen molar-refractivity contribution in [2.45, 2.75) is 25.7 Å². The van der Waals surface area contributed by atoms with Crippen molar-refractivity contribution >= 4 is 10.2 Å². The van der Waals surface area contributed by atoms with Crippen molar-refractivity contribution in [1.29, 1.82) is 0 Å². The van der Waals surface area contributed by atoms with Crippen LogP contribution in [0.1, 0.15) is 25.7 Å². The normalized spacial score (nSPS) is 32.6. The third-order valence-electron chi connectivity index (χ3n) is 5.08. The van der Waals surface area contributed by atoms with E-state index in [4.69, 9.17) is 0 Å². The topological polar surface area (TPSA) is 43.9 Å². The van der Waals surface area contributed by atoms with E-state index in [0.29, 0.717) is 5.92 Å². The molecule has 1 atom stereocenters. The molecular formula is C13H25N3O2S. The Balaban J connectivity index is 1.58. The standard InChI is InChI=1S/C13H25N3O2S/c1-14-8-3-12(4-9-14)13-5-10-16(11-13)19(17,18)15-6-2-7-15/h12-13H,2-11H2,1H3. The molecule has 0 aromatic heterocycles. The molecule has 6 heteroatoms. The van der Waals surface area contributed by atoms with Crippen LogP contribution in [-0.4, -0.2) is 68.2 Å². The fourth-order valence-electron chi connectivity index (χ4n) is 3.53. The van der Waals surface area contributed by atoms with E-state index in [2.05, 4.69) is 11.9 Å². The van der Waals surface area contributed by atoms with Gasteiger partial charge in [-0.25, -0.2) is 0 Å². The Hall–Kier alpha value is -0.170. The van der Waals surface area contributed by atoms with Gasteiger partial charge in [-0.1, -0.05) is 0 Å². The van der Waals surface area contributed by atoms with Gasteiger partial charge in [-0.3, -0.25) is 0 Å². The molecule has 0 saturated carbocycles. The quantitative estimate of drug-likeness (QED) is 0.763. The summed E-state index contributed by atoms with van der Waals surface area (Å²) in [6.07, 6.45) is 4.55. The van der Waals surface area contributed by atoms with Gasteiger partial charge in [-0.15, -0.1) is 0 Å². The van der Waals surface area contributed by atoms with E-state index in [9.17, 15) is 8.42 Å². The molecule has 0 spiro atoms. The summed E-state index contributed by atoms with van der Waals surface area (Å²) in [7, 11) is -0.956. The zero-order chi connectivity index (χ0) is 13.5. The van der Waals surface area contributed by atoms with Crippen LogP contribution in [0.4, 0.5) is 0 Å².